The molecule has 0 radical (unpaired) electrons. The molecule has 162 valence electrons. The summed E-state index contributed by atoms with van der Waals surface area (Å²) >= 11 is 5.77. The number of anilines is 1. The van der Waals surface area contributed by atoms with Crippen LogP contribution in [0.4, 0.5) is 23.7 Å². The second-order valence-electron chi connectivity index (χ2n) is 6.85. The highest BCUT2D eigenvalue weighted by molar-refractivity contribution is 7.89. The molecule has 1 aliphatic rings. The molecule has 0 saturated carbocycles. The number of amides is 2. The molecule has 6 nitrogen and oxygen atoms in total. The van der Waals surface area contributed by atoms with Gasteiger partial charge in [-0.05, 0) is 55.3 Å². The number of benzene rings is 2. The Morgan fingerprint density at radius 1 is 1.07 bits per heavy atom. The average molecular weight is 462 g/mol. The molecule has 0 unspecified atom stereocenters. The fourth-order valence-corrected chi connectivity index (χ4v) is 4.51. The van der Waals surface area contributed by atoms with Crippen molar-refractivity contribution in [1.82, 2.24) is 9.62 Å². The largest absolute Gasteiger partial charge is 0.416 e. The van der Waals surface area contributed by atoms with Crippen LogP contribution in [0.1, 0.15) is 18.4 Å². The number of halogens is 4. The van der Waals surface area contributed by atoms with Crippen LogP contribution in [-0.4, -0.2) is 38.5 Å². The predicted molar refractivity (Wildman–Crippen MR) is 107 cm³/mol. The standard InChI is InChI=1S/C19H19ClF3N3O3S/c20-14-4-6-17(7-5-14)30(28,29)25-15-8-10-26(11-9-15)18(27)24-16-3-1-2-13(12-16)19(21,22)23/h1-7,12,15,25H,8-11H2,(H,24,27). The van der Waals surface area contributed by atoms with Crippen LogP contribution in [-0.2, 0) is 16.2 Å². The summed E-state index contributed by atoms with van der Waals surface area (Å²) in [5.41, 5.74) is -0.809. The maximum absolute atomic E-state index is 12.8. The first kappa shape index (κ1) is 22.4. The average Bonchev–Trinajstić information content (AvgIpc) is 2.68. The van der Waals surface area contributed by atoms with E-state index in [4.69, 9.17) is 11.6 Å². The summed E-state index contributed by atoms with van der Waals surface area (Å²) in [7, 11) is -3.72. The number of likely N-dealkylation sites (tertiary alicyclic amines) is 1. The van der Waals surface area contributed by atoms with E-state index in [1.807, 2.05) is 0 Å². The topological polar surface area (TPSA) is 78.5 Å². The highest BCUT2D eigenvalue weighted by Gasteiger charge is 2.31. The summed E-state index contributed by atoms with van der Waals surface area (Å²) in [5.74, 6) is 0. The van der Waals surface area contributed by atoms with E-state index in [1.54, 1.807) is 0 Å². The lowest BCUT2D eigenvalue weighted by Gasteiger charge is -2.32. The van der Waals surface area contributed by atoms with Gasteiger partial charge in [-0.25, -0.2) is 17.9 Å². The van der Waals surface area contributed by atoms with Crippen molar-refractivity contribution in [3.05, 3.63) is 59.1 Å². The molecule has 0 atom stereocenters. The molecule has 0 aromatic heterocycles. The molecule has 2 amide bonds. The Hall–Kier alpha value is -2.30. The lowest BCUT2D eigenvalue weighted by molar-refractivity contribution is -0.137. The van der Waals surface area contributed by atoms with Gasteiger partial charge in [-0.1, -0.05) is 17.7 Å². The van der Waals surface area contributed by atoms with Crippen molar-refractivity contribution in [3.63, 3.8) is 0 Å². The first-order valence-corrected chi connectivity index (χ1v) is 10.9. The van der Waals surface area contributed by atoms with E-state index in [0.717, 1.165) is 12.1 Å². The van der Waals surface area contributed by atoms with Crippen molar-refractivity contribution in [2.24, 2.45) is 0 Å². The van der Waals surface area contributed by atoms with Gasteiger partial charge in [0.2, 0.25) is 10.0 Å². The number of urea groups is 1. The number of sulfonamides is 1. The number of nitrogens with zero attached hydrogens (tertiary/aromatic N) is 1. The fraction of sp³-hybridized carbons (Fsp3) is 0.316. The summed E-state index contributed by atoms with van der Waals surface area (Å²) in [5, 5.41) is 2.88. The Labute approximate surface area is 177 Å². The van der Waals surface area contributed by atoms with Gasteiger partial charge in [0.1, 0.15) is 0 Å². The normalized spacial score (nSPS) is 15.8. The maximum atomic E-state index is 12.8. The predicted octanol–water partition coefficient (Wildman–Crippen LogP) is 4.33. The van der Waals surface area contributed by atoms with Gasteiger partial charge < -0.3 is 10.2 Å². The zero-order chi connectivity index (χ0) is 21.9. The molecule has 11 heteroatoms. The van der Waals surface area contributed by atoms with Crippen LogP contribution in [0.15, 0.2) is 53.4 Å². The van der Waals surface area contributed by atoms with E-state index < -0.39 is 27.8 Å². The number of nitrogens with one attached hydrogen (secondary N) is 2. The molecule has 2 N–H and O–H groups in total. The van der Waals surface area contributed by atoms with E-state index in [-0.39, 0.29) is 29.7 Å². The molecule has 3 rings (SSSR count). The zero-order valence-electron chi connectivity index (χ0n) is 15.6. The molecule has 30 heavy (non-hydrogen) atoms. The van der Waals surface area contributed by atoms with Crippen LogP contribution in [0, 0.1) is 0 Å². The van der Waals surface area contributed by atoms with Crippen LogP contribution in [0.3, 0.4) is 0 Å². The highest BCUT2D eigenvalue weighted by atomic mass is 35.5. The summed E-state index contributed by atoms with van der Waals surface area (Å²) in [6.45, 7) is 0.525. The minimum atomic E-state index is -4.50. The number of carbonyl (C=O) groups is 1. The number of hydrogen-bond acceptors (Lipinski definition) is 3. The molecule has 0 bridgehead atoms. The SMILES string of the molecule is O=C(Nc1cccc(C(F)(F)F)c1)N1CCC(NS(=O)(=O)c2ccc(Cl)cc2)CC1. The Morgan fingerprint density at radius 2 is 1.70 bits per heavy atom. The highest BCUT2D eigenvalue weighted by Crippen LogP contribution is 2.30. The van der Waals surface area contributed by atoms with E-state index >= 15 is 0 Å². The van der Waals surface area contributed by atoms with Crippen LogP contribution in [0.2, 0.25) is 5.02 Å². The monoisotopic (exact) mass is 461 g/mol. The molecule has 2 aromatic carbocycles. The van der Waals surface area contributed by atoms with Crippen molar-refractivity contribution in [1.29, 1.82) is 0 Å². The number of rotatable bonds is 4. The number of alkyl halides is 3. The van der Waals surface area contributed by atoms with Gasteiger partial charge in [-0.3, -0.25) is 0 Å². The third kappa shape index (κ3) is 5.65. The third-order valence-electron chi connectivity index (χ3n) is 4.67. The van der Waals surface area contributed by atoms with Crippen molar-refractivity contribution in [2.75, 3.05) is 18.4 Å². The molecule has 1 saturated heterocycles. The Bertz CT molecular complexity index is 1010. The molecular formula is C19H19ClF3N3O3S. The quantitative estimate of drug-likeness (QED) is 0.711. The van der Waals surface area contributed by atoms with Gasteiger partial charge in [-0.2, -0.15) is 13.2 Å². The molecule has 0 spiro atoms. The maximum Gasteiger partial charge on any atom is 0.416 e. The number of hydrogen-bond donors (Lipinski definition) is 2. The van der Waals surface area contributed by atoms with E-state index in [2.05, 4.69) is 10.0 Å². The summed E-state index contributed by atoms with van der Waals surface area (Å²) in [6, 6.07) is 9.27. The van der Waals surface area contributed by atoms with Gasteiger partial charge in [0, 0.05) is 29.8 Å². The van der Waals surface area contributed by atoms with Gasteiger partial charge in [-0.15, -0.1) is 0 Å². The second-order valence-corrected chi connectivity index (χ2v) is 9.00. The van der Waals surface area contributed by atoms with Gasteiger partial charge in [0.15, 0.2) is 0 Å². The molecule has 2 aromatic rings. The van der Waals surface area contributed by atoms with Crippen molar-refractivity contribution < 1.29 is 26.4 Å². The van der Waals surface area contributed by atoms with Crippen molar-refractivity contribution in [3.8, 4) is 0 Å². The molecule has 1 heterocycles. The van der Waals surface area contributed by atoms with E-state index in [0.29, 0.717) is 17.9 Å². The first-order valence-electron chi connectivity index (χ1n) is 9.06. The van der Waals surface area contributed by atoms with Crippen LogP contribution in [0.25, 0.3) is 0 Å². The molecule has 1 aliphatic heterocycles. The minimum absolute atomic E-state index is 0.0420. The van der Waals surface area contributed by atoms with Crippen LogP contribution in [0.5, 0.6) is 0 Å². The Kier molecular flexibility index (Phi) is 6.59. The van der Waals surface area contributed by atoms with E-state index in [9.17, 15) is 26.4 Å². The first-order chi connectivity index (χ1) is 14.0. The summed E-state index contributed by atoms with van der Waals surface area (Å²) < 4.78 is 65.9. The number of carbonyl (C=O) groups excluding carboxylic acids is 1. The second kappa shape index (κ2) is 8.83. The van der Waals surface area contributed by atoms with Crippen LogP contribution >= 0.6 is 11.6 Å². The molecular weight excluding hydrogens is 443 g/mol. The smallest absolute Gasteiger partial charge is 0.324 e. The van der Waals surface area contributed by atoms with Gasteiger partial charge in [0.05, 0.1) is 10.5 Å². The van der Waals surface area contributed by atoms with Gasteiger partial charge in [0.25, 0.3) is 0 Å². The lowest BCUT2D eigenvalue weighted by atomic mass is 10.1. The zero-order valence-corrected chi connectivity index (χ0v) is 17.2. The minimum Gasteiger partial charge on any atom is -0.324 e. The summed E-state index contributed by atoms with van der Waals surface area (Å²) in [6.07, 6.45) is -3.74. The molecule has 0 aliphatic carbocycles. The van der Waals surface area contributed by atoms with Gasteiger partial charge >= 0.3 is 12.2 Å². The fourth-order valence-electron chi connectivity index (χ4n) is 3.08. The Morgan fingerprint density at radius 3 is 2.30 bits per heavy atom. The third-order valence-corrected chi connectivity index (χ3v) is 6.46. The van der Waals surface area contributed by atoms with Crippen molar-refractivity contribution >= 4 is 33.3 Å². The number of piperidine rings is 1. The van der Waals surface area contributed by atoms with Crippen LogP contribution < -0.4 is 10.0 Å². The molecule has 1 fully saturated rings. The van der Waals surface area contributed by atoms with Crippen molar-refractivity contribution in [2.45, 2.75) is 30.0 Å². The van der Waals surface area contributed by atoms with E-state index in [1.165, 1.54) is 41.3 Å². The Balaban J connectivity index is 1.55. The lowest BCUT2D eigenvalue weighted by Crippen LogP contribution is -2.47. The summed E-state index contributed by atoms with van der Waals surface area (Å²) in [4.78, 5) is 13.9.